The van der Waals surface area contributed by atoms with Crippen molar-refractivity contribution in [2.75, 3.05) is 11.9 Å². The van der Waals surface area contributed by atoms with Gasteiger partial charge in [0.05, 0.1) is 0 Å². The van der Waals surface area contributed by atoms with Gasteiger partial charge in [0.25, 0.3) is 0 Å². The SMILES string of the molecule is CCC(C)(C)N(C)c1ncc(/C=C/C(=O)O)cn1. The van der Waals surface area contributed by atoms with Gasteiger partial charge in [-0.15, -0.1) is 0 Å². The Morgan fingerprint density at radius 2 is 2.00 bits per heavy atom. The highest BCUT2D eigenvalue weighted by molar-refractivity contribution is 5.85. The number of carboxylic acid groups (broad SMARTS) is 1. The molecule has 18 heavy (non-hydrogen) atoms. The van der Waals surface area contributed by atoms with Gasteiger partial charge in [-0.3, -0.25) is 0 Å². The maximum atomic E-state index is 10.4. The fourth-order valence-corrected chi connectivity index (χ4v) is 1.27. The number of hydrogen-bond donors (Lipinski definition) is 1. The van der Waals surface area contributed by atoms with Crippen molar-refractivity contribution in [3.63, 3.8) is 0 Å². The van der Waals surface area contributed by atoms with E-state index in [9.17, 15) is 4.79 Å². The third kappa shape index (κ3) is 3.55. The van der Waals surface area contributed by atoms with E-state index in [0.717, 1.165) is 12.5 Å². The van der Waals surface area contributed by atoms with Gasteiger partial charge in [-0.2, -0.15) is 0 Å². The van der Waals surface area contributed by atoms with Gasteiger partial charge in [0.2, 0.25) is 5.95 Å². The average molecular weight is 249 g/mol. The molecule has 0 bridgehead atoms. The summed E-state index contributed by atoms with van der Waals surface area (Å²) in [4.78, 5) is 20.9. The highest BCUT2D eigenvalue weighted by Crippen LogP contribution is 2.21. The smallest absolute Gasteiger partial charge is 0.328 e. The van der Waals surface area contributed by atoms with Crippen LogP contribution in [-0.2, 0) is 4.79 Å². The van der Waals surface area contributed by atoms with Gasteiger partial charge in [-0.1, -0.05) is 6.92 Å². The van der Waals surface area contributed by atoms with Gasteiger partial charge in [0, 0.05) is 36.6 Å². The van der Waals surface area contributed by atoms with E-state index in [1.165, 1.54) is 6.08 Å². The maximum Gasteiger partial charge on any atom is 0.328 e. The van der Waals surface area contributed by atoms with Gasteiger partial charge in [-0.05, 0) is 26.3 Å². The molecular formula is C13H19N3O2. The zero-order chi connectivity index (χ0) is 13.8. The molecule has 1 N–H and O–H groups in total. The van der Waals surface area contributed by atoms with Crippen molar-refractivity contribution in [2.45, 2.75) is 32.7 Å². The zero-order valence-corrected chi connectivity index (χ0v) is 11.2. The monoisotopic (exact) mass is 249 g/mol. The molecular weight excluding hydrogens is 230 g/mol. The summed E-state index contributed by atoms with van der Waals surface area (Å²) in [6.07, 6.45) is 6.75. The Hall–Kier alpha value is -1.91. The van der Waals surface area contributed by atoms with Crippen molar-refractivity contribution in [1.29, 1.82) is 0 Å². The number of aliphatic carboxylic acids is 1. The molecule has 98 valence electrons. The highest BCUT2D eigenvalue weighted by atomic mass is 16.4. The first-order chi connectivity index (χ1) is 8.36. The minimum Gasteiger partial charge on any atom is -0.478 e. The second-order valence-corrected chi connectivity index (χ2v) is 4.71. The third-order valence-corrected chi connectivity index (χ3v) is 3.15. The summed E-state index contributed by atoms with van der Waals surface area (Å²) in [6.45, 7) is 6.35. The number of rotatable bonds is 5. The van der Waals surface area contributed by atoms with E-state index >= 15 is 0 Å². The third-order valence-electron chi connectivity index (χ3n) is 3.15. The van der Waals surface area contributed by atoms with Crippen LogP contribution in [0.3, 0.4) is 0 Å². The lowest BCUT2D eigenvalue weighted by Crippen LogP contribution is -2.41. The molecule has 0 unspecified atom stereocenters. The summed E-state index contributed by atoms with van der Waals surface area (Å²) in [6, 6.07) is 0. The number of carboxylic acids is 1. The van der Waals surface area contributed by atoms with Crippen molar-refractivity contribution < 1.29 is 9.90 Å². The molecule has 0 atom stereocenters. The molecule has 0 amide bonds. The number of aromatic nitrogens is 2. The molecule has 0 saturated heterocycles. The van der Waals surface area contributed by atoms with E-state index in [0.29, 0.717) is 11.5 Å². The summed E-state index contributed by atoms with van der Waals surface area (Å²) >= 11 is 0. The van der Waals surface area contributed by atoms with Crippen LogP contribution in [0.25, 0.3) is 6.08 Å². The van der Waals surface area contributed by atoms with Crippen LogP contribution in [0.4, 0.5) is 5.95 Å². The minimum absolute atomic E-state index is 0.0155. The average Bonchev–Trinajstić information content (AvgIpc) is 2.36. The van der Waals surface area contributed by atoms with E-state index < -0.39 is 5.97 Å². The number of nitrogens with zero attached hydrogens (tertiary/aromatic N) is 3. The lowest BCUT2D eigenvalue weighted by molar-refractivity contribution is -0.131. The summed E-state index contributed by atoms with van der Waals surface area (Å²) in [5.41, 5.74) is 0.655. The van der Waals surface area contributed by atoms with E-state index in [2.05, 4.69) is 30.7 Å². The van der Waals surface area contributed by atoms with Crippen LogP contribution in [0.2, 0.25) is 0 Å². The molecule has 0 aromatic carbocycles. The summed E-state index contributed by atoms with van der Waals surface area (Å²) in [5.74, 6) is -0.349. The highest BCUT2D eigenvalue weighted by Gasteiger charge is 2.22. The molecule has 0 radical (unpaired) electrons. The van der Waals surface area contributed by atoms with Gasteiger partial charge >= 0.3 is 5.97 Å². The summed E-state index contributed by atoms with van der Waals surface area (Å²) in [7, 11) is 1.95. The molecule has 5 heteroatoms. The van der Waals surface area contributed by atoms with Crippen LogP contribution in [0.5, 0.6) is 0 Å². The first-order valence-electron chi connectivity index (χ1n) is 5.83. The molecule has 1 rings (SSSR count). The van der Waals surface area contributed by atoms with Gasteiger partial charge in [0.15, 0.2) is 0 Å². The molecule has 5 nitrogen and oxygen atoms in total. The van der Waals surface area contributed by atoms with Crippen LogP contribution in [0.15, 0.2) is 18.5 Å². The first-order valence-corrected chi connectivity index (χ1v) is 5.83. The topological polar surface area (TPSA) is 66.3 Å². The standard InChI is InChI=1S/C13H19N3O2/c1-5-13(2,3)16(4)12-14-8-10(9-15-12)6-7-11(17)18/h6-9H,5H2,1-4H3,(H,17,18)/b7-6+. The van der Waals surface area contributed by atoms with Crippen molar-refractivity contribution in [3.8, 4) is 0 Å². The second-order valence-electron chi connectivity index (χ2n) is 4.71. The Morgan fingerprint density at radius 1 is 1.44 bits per heavy atom. The van der Waals surface area contributed by atoms with Crippen LogP contribution < -0.4 is 4.90 Å². The number of anilines is 1. The van der Waals surface area contributed by atoms with Gasteiger partial charge in [-0.25, -0.2) is 14.8 Å². The predicted molar refractivity (Wildman–Crippen MR) is 71.5 cm³/mol. The van der Waals surface area contributed by atoms with Crippen LogP contribution in [0.1, 0.15) is 32.8 Å². The normalized spacial score (nSPS) is 11.8. The van der Waals surface area contributed by atoms with Crippen LogP contribution in [-0.4, -0.2) is 33.6 Å². The number of carbonyl (C=O) groups is 1. The molecule has 1 heterocycles. The Morgan fingerprint density at radius 3 is 2.44 bits per heavy atom. The fourth-order valence-electron chi connectivity index (χ4n) is 1.27. The fraction of sp³-hybridized carbons (Fsp3) is 0.462. The van der Waals surface area contributed by atoms with E-state index in [-0.39, 0.29) is 5.54 Å². The Kier molecular flexibility index (Phi) is 4.42. The zero-order valence-electron chi connectivity index (χ0n) is 11.2. The second kappa shape index (κ2) is 5.62. The molecule has 0 aliphatic rings. The molecule has 1 aromatic heterocycles. The Balaban J connectivity index is 2.86. The molecule has 0 aliphatic carbocycles. The molecule has 0 aliphatic heterocycles. The van der Waals surface area contributed by atoms with Crippen LogP contribution >= 0.6 is 0 Å². The van der Waals surface area contributed by atoms with Gasteiger partial charge < -0.3 is 10.0 Å². The van der Waals surface area contributed by atoms with Gasteiger partial charge in [0.1, 0.15) is 0 Å². The summed E-state index contributed by atoms with van der Waals surface area (Å²) in [5, 5.41) is 8.52. The molecule has 1 aromatic rings. The van der Waals surface area contributed by atoms with E-state index in [4.69, 9.17) is 5.11 Å². The molecule has 0 fully saturated rings. The summed E-state index contributed by atoms with van der Waals surface area (Å²) < 4.78 is 0. The van der Waals surface area contributed by atoms with Crippen molar-refractivity contribution in [1.82, 2.24) is 9.97 Å². The molecule has 0 spiro atoms. The maximum absolute atomic E-state index is 10.4. The van der Waals surface area contributed by atoms with Crippen molar-refractivity contribution >= 4 is 18.0 Å². The lowest BCUT2D eigenvalue weighted by atomic mass is 10.0. The first kappa shape index (κ1) is 14.2. The Labute approximate surface area is 107 Å². The van der Waals surface area contributed by atoms with Crippen molar-refractivity contribution in [2.24, 2.45) is 0 Å². The largest absolute Gasteiger partial charge is 0.478 e. The number of hydrogen-bond acceptors (Lipinski definition) is 4. The molecule has 0 saturated carbocycles. The van der Waals surface area contributed by atoms with E-state index in [1.54, 1.807) is 12.4 Å². The minimum atomic E-state index is -0.983. The van der Waals surface area contributed by atoms with E-state index in [1.807, 2.05) is 11.9 Å². The Bertz CT molecular complexity index is 438. The van der Waals surface area contributed by atoms with Crippen molar-refractivity contribution in [3.05, 3.63) is 24.0 Å². The predicted octanol–water partition coefficient (Wildman–Crippen LogP) is 2.20. The lowest BCUT2D eigenvalue weighted by Gasteiger charge is -2.34. The van der Waals surface area contributed by atoms with Crippen LogP contribution in [0, 0.1) is 0 Å². The quantitative estimate of drug-likeness (QED) is 0.810.